The maximum absolute atomic E-state index is 13.0. The zero-order valence-electron chi connectivity index (χ0n) is 18.0. The molecule has 162 valence electrons. The molecule has 0 unspecified atom stereocenters. The van der Waals surface area contributed by atoms with Gasteiger partial charge in [-0.1, -0.05) is 18.2 Å². The number of hydrogen-bond donors (Lipinski definition) is 1. The molecule has 1 aliphatic rings. The van der Waals surface area contributed by atoms with E-state index < -0.39 is 0 Å². The molecule has 4 aromatic rings. The minimum Gasteiger partial charge on any atom is -0.339 e. The lowest BCUT2D eigenvalue weighted by molar-refractivity contribution is -0.132. The molecule has 1 amide bonds. The largest absolute Gasteiger partial charge is 0.339 e. The second kappa shape index (κ2) is 9.04. The molecule has 6 nitrogen and oxygen atoms in total. The van der Waals surface area contributed by atoms with Crippen molar-refractivity contribution in [1.29, 1.82) is 0 Å². The molecular formula is C25H25N5OS. The lowest BCUT2D eigenvalue weighted by atomic mass is 10.1. The van der Waals surface area contributed by atoms with E-state index in [1.165, 1.54) is 4.70 Å². The summed E-state index contributed by atoms with van der Waals surface area (Å²) in [5.74, 6) is 0.979. The number of rotatable bonds is 6. The quantitative estimate of drug-likeness (QED) is 0.430. The van der Waals surface area contributed by atoms with Gasteiger partial charge in [-0.2, -0.15) is 0 Å². The Bertz CT molecular complexity index is 1200. The Morgan fingerprint density at radius 1 is 1.12 bits per heavy atom. The predicted octanol–water partition coefficient (Wildman–Crippen LogP) is 5.43. The Morgan fingerprint density at radius 2 is 2.03 bits per heavy atom. The van der Waals surface area contributed by atoms with E-state index in [-0.39, 0.29) is 11.9 Å². The molecule has 3 aromatic heterocycles. The molecule has 0 radical (unpaired) electrons. The monoisotopic (exact) mass is 443 g/mol. The number of nitrogens with zero attached hydrogens (tertiary/aromatic N) is 4. The molecule has 0 aliphatic carbocycles. The van der Waals surface area contributed by atoms with Crippen LogP contribution in [0.4, 0.5) is 11.5 Å². The third kappa shape index (κ3) is 4.48. The van der Waals surface area contributed by atoms with E-state index in [0.29, 0.717) is 12.8 Å². The van der Waals surface area contributed by atoms with Crippen LogP contribution in [-0.4, -0.2) is 32.3 Å². The maximum Gasteiger partial charge on any atom is 0.223 e. The topological polar surface area (TPSA) is 71.0 Å². The zero-order valence-corrected chi connectivity index (χ0v) is 18.8. The van der Waals surface area contributed by atoms with Crippen molar-refractivity contribution in [3.05, 3.63) is 77.2 Å². The Balaban J connectivity index is 1.23. The van der Waals surface area contributed by atoms with Crippen molar-refractivity contribution in [2.45, 2.75) is 38.6 Å². The van der Waals surface area contributed by atoms with Crippen LogP contribution in [0.2, 0.25) is 0 Å². The Hall–Kier alpha value is -3.32. The number of pyridine rings is 2. The van der Waals surface area contributed by atoms with Crippen molar-refractivity contribution in [3.63, 3.8) is 0 Å². The van der Waals surface area contributed by atoms with Gasteiger partial charge in [0, 0.05) is 25.1 Å². The molecule has 7 heteroatoms. The van der Waals surface area contributed by atoms with Crippen molar-refractivity contribution >= 4 is 39.0 Å². The molecule has 0 bridgehead atoms. The third-order valence-electron chi connectivity index (χ3n) is 5.75. The molecule has 1 fully saturated rings. The minimum absolute atomic E-state index is 0.0454. The van der Waals surface area contributed by atoms with Crippen LogP contribution in [0, 0.1) is 6.92 Å². The summed E-state index contributed by atoms with van der Waals surface area (Å²) >= 11 is 1.68. The number of aromatic nitrogens is 3. The standard InChI is InChI=1S/C25H25N5OS/c1-17-6-4-10-23(27-17)28-18-11-12-19(26-16-18)21-8-5-15-30(21)25(31)14-13-24-29-20-7-2-3-9-22(20)32-24/h2-4,6-7,9-12,16,21H,5,8,13-15H2,1H3,(H,27,28)/t21-/m1/s1. The predicted molar refractivity (Wildman–Crippen MR) is 128 cm³/mol. The third-order valence-corrected chi connectivity index (χ3v) is 6.85. The SMILES string of the molecule is Cc1cccc(Nc2ccc([C@H]3CCCN3C(=O)CCc3nc4ccccc4s3)nc2)n1. The zero-order chi connectivity index (χ0) is 21.9. The summed E-state index contributed by atoms with van der Waals surface area (Å²) < 4.78 is 1.17. The van der Waals surface area contributed by atoms with Gasteiger partial charge in [-0.3, -0.25) is 9.78 Å². The van der Waals surface area contributed by atoms with Crippen molar-refractivity contribution in [2.75, 3.05) is 11.9 Å². The fraction of sp³-hybridized carbons (Fsp3) is 0.280. The molecule has 0 spiro atoms. The van der Waals surface area contributed by atoms with Gasteiger partial charge in [0.05, 0.1) is 38.8 Å². The first kappa shape index (κ1) is 20.6. The number of thiazole rings is 1. The number of aryl methyl sites for hydroxylation is 2. The summed E-state index contributed by atoms with van der Waals surface area (Å²) in [5.41, 5.74) is 3.81. The lowest BCUT2D eigenvalue weighted by Crippen LogP contribution is -2.31. The van der Waals surface area contributed by atoms with Crippen LogP contribution in [-0.2, 0) is 11.2 Å². The summed E-state index contributed by atoms with van der Waals surface area (Å²) in [6.07, 6.45) is 4.94. The van der Waals surface area contributed by atoms with Crippen LogP contribution in [0.1, 0.15) is 41.7 Å². The van der Waals surface area contributed by atoms with Gasteiger partial charge in [0.2, 0.25) is 5.91 Å². The van der Waals surface area contributed by atoms with E-state index in [1.54, 1.807) is 11.3 Å². The first-order chi connectivity index (χ1) is 15.7. The van der Waals surface area contributed by atoms with Gasteiger partial charge >= 0.3 is 0 Å². The summed E-state index contributed by atoms with van der Waals surface area (Å²) in [6.45, 7) is 2.76. The maximum atomic E-state index is 13.0. The van der Waals surface area contributed by atoms with E-state index >= 15 is 0 Å². The van der Waals surface area contributed by atoms with Crippen LogP contribution in [0.5, 0.6) is 0 Å². The number of fused-ring (bicyclic) bond motifs is 1. The molecule has 1 saturated heterocycles. The number of benzene rings is 1. The Morgan fingerprint density at radius 3 is 2.84 bits per heavy atom. The molecule has 32 heavy (non-hydrogen) atoms. The van der Waals surface area contributed by atoms with Gasteiger partial charge in [-0.05, 0) is 56.2 Å². The summed E-state index contributed by atoms with van der Waals surface area (Å²) in [7, 11) is 0. The fourth-order valence-electron chi connectivity index (χ4n) is 4.19. The van der Waals surface area contributed by atoms with Gasteiger partial charge in [-0.25, -0.2) is 9.97 Å². The molecule has 1 aliphatic heterocycles. The van der Waals surface area contributed by atoms with Gasteiger partial charge in [-0.15, -0.1) is 11.3 Å². The van der Waals surface area contributed by atoms with E-state index in [4.69, 9.17) is 0 Å². The molecule has 0 saturated carbocycles. The highest BCUT2D eigenvalue weighted by Crippen LogP contribution is 2.32. The van der Waals surface area contributed by atoms with Gasteiger partial charge in [0.25, 0.3) is 0 Å². The Kier molecular flexibility index (Phi) is 5.81. The number of anilines is 2. The number of hydrogen-bond acceptors (Lipinski definition) is 6. The van der Waals surface area contributed by atoms with Crippen LogP contribution in [0.15, 0.2) is 60.8 Å². The van der Waals surface area contributed by atoms with Gasteiger partial charge in [0.1, 0.15) is 5.82 Å². The lowest BCUT2D eigenvalue weighted by Gasteiger charge is -2.24. The van der Waals surface area contributed by atoms with Crippen LogP contribution in [0.25, 0.3) is 10.2 Å². The number of para-hydroxylation sites is 1. The summed E-state index contributed by atoms with van der Waals surface area (Å²) in [4.78, 5) is 28.8. The molecule has 4 heterocycles. The highest BCUT2D eigenvalue weighted by atomic mass is 32.1. The number of amides is 1. The van der Waals surface area contributed by atoms with Crippen LogP contribution >= 0.6 is 11.3 Å². The number of nitrogens with one attached hydrogen (secondary N) is 1. The number of likely N-dealkylation sites (tertiary alicyclic amines) is 1. The molecule has 1 aromatic carbocycles. The van der Waals surface area contributed by atoms with Crippen LogP contribution < -0.4 is 5.32 Å². The average Bonchev–Trinajstić information content (AvgIpc) is 3.45. The minimum atomic E-state index is 0.0454. The van der Waals surface area contributed by atoms with E-state index in [9.17, 15) is 4.79 Å². The summed E-state index contributed by atoms with van der Waals surface area (Å²) in [5, 5.41) is 4.31. The van der Waals surface area contributed by atoms with Crippen molar-refractivity contribution < 1.29 is 4.79 Å². The van der Waals surface area contributed by atoms with E-state index in [1.807, 2.05) is 66.6 Å². The first-order valence-corrected chi connectivity index (χ1v) is 11.8. The van der Waals surface area contributed by atoms with Crippen molar-refractivity contribution in [2.24, 2.45) is 0 Å². The van der Waals surface area contributed by atoms with Crippen molar-refractivity contribution in [1.82, 2.24) is 19.9 Å². The van der Waals surface area contributed by atoms with Gasteiger partial charge < -0.3 is 10.2 Å². The highest BCUT2D eigenvalue weighted by Gasteiger charge is 2.30. The Labute approximate surface area is 191 Å². The number of carbonyl (C=O) groups is 1. The van der Waals surface area contributed by atoms with E-state index in [0.717, 1.165) is 52.8 Å². The number of carbonyl (C=O) groups excluding carboxylic acids is 1. The molecule has 1 atom stereocenters. The fourth-order valence-corrected chi connectivity index (χ4v) is 5.16. The normalized spacial score (nSPS) is 15.9. The van der Waals surface area contributed by atoms with Gasteiger partial charge in [0.15, 0.2) is 0 Å². The second-order valence-electron chi connectivity index (χ2n) is 8.08. The average molecular weight is 444 g/mol. The first-order valence-electron chi connectivity index (χ1n) is 11.0. The molecule has 5 rings (SSSR count). The highest BCUT2D eigenvalue weighted by molar-refractivity contribution is 7.18. The smallest absolute Gasteiger partial charge is 0.223 e. The summed E-state index contributed by atoms with van der Waals surface area (Å²) in [6, 6.07) is 18.1. The van der Waals surface area contributed by atoms with Crippen LogP contribution in [0.3, 0.4) is 0 Å². The van der Waals surface area contributed by atoms with Crippen molar-refractivity contribution in [3.8, 4) is 0 Å². The van der Waals surface area contributed by atoms with E-state index in [2.05, 4.69) is 26.3 Å². The molecule has 1 N–H and O–H groups in total. The molecular weight excluding hydrogens is 418 g/mol. The second-order valence-corrected chi connectivity index (χ2v) is 9.20.